The summed E-state index contributed by atoms with van der Waals surface area (Å²) in [4.78, 5) is 17.0. The van der Waals surface area contributed by atoms with Gasteiger partial charge in [0.05, 0.1) is 6.34 Å². The Labute approximate surface area is 91.9 Å². The number of hydrogen-bond acceptors (Lipinski definition) is 4. The van der Waals surface area contributed by atoms with E-state index in [1.807, 2.05) is 11.4 Å². The third-order valence-corrected chi connectivity index (χ3v) is 3.48. The molecule has 0 saturated carbocycles. The number of fused-ring (bicyclic) bond motifs is 1. The Morgan fingerprint density at radius 1 is 1.67 bits per heavy atom. The molecule has 2 heterocycles. The maximum atomic E-state index is 11.1. The number of carbonyl (C=O) groups is 1. The molecule has 0 aliphatic carbocycles. The minimum absolute atomic E-state index is 0.613. The van der Waals surface area contributed by atoms with Crippen LogP contribution < -0.4 is 0 Å². The van der Waals surface area contributed by atoms with Crippen LogP contribution in [-0.4, -0.2) is 27.9 Å². The van der Waals surface area contributed by atoms with Crippen molar-refractivity contribution >= 4 is 28.6 Å². The minimum Gasteiger partial charge on any atom is -0.480 e. The molecule has 0 bridgehead atoms. The van der Waals surface area contributed by atoms with Crippen LogP contribution in [-0.2, 0) is 11.3 Å². The van der Waals surface area contributed by atoms with Crippen molar-refractivity contribution in [2.75, 3.05) is 0 Å². The van der Waals surface area contributed by atoms with Crippen molar-refractivity contribution in [1.29, 1.82) is 0 Å². The number of carboxylic acid groups (broad SMARTS) is 1. The molecule has 2 rings (SSSR count). The monoisotopic (exact) mass is 224 g/mol. The summed E-state index contributed by atoms with van der Waals surface area (Å²) in [7, 11) is 0. The lowest BCUT2D eigenvalue weighted by Crippen LogP contribution is -2.49. The normalized spacial score (nSPS) is 15.2. The third kappa shape index (κ3) is 1.63. The first-order valence-electron chi connectivity index (χ1n) is 4.62. The van der Waals surface area contributed by atoms with Crippen molar-refractivity contribution in [1.82, 2.24) is 4.90 Å². The van der Waals surface area contributed by atoms with Crippen LogP contribution in [0.25, 0.3) is 0 Å². The van der Waals surface area contributed by atoms with Gasteiger partial charge in [0.15, 0.2) is 0 Å². The zero-order valence-corrected chi connectivity index (χ0v) is 9.41. The molecule has 1 aliphatic rings. The van der Waals surface area contributed by atoms with Gasteiger partial charge in [0.2, 0.25) is 0 Å². The van der Waals surface area contributed by atoms with Crippen LogP contribution in [0.15, 0.2) is 16.4 Å². The van der Waals surface area contributed by atoms with E-state index >= 15 is 0 Å². The number of rotatable bonds is 2. The molecule has 0 atom stereocenters. The number of hydrogen-bond donors (Lipinski definition) is 1. The Morgan fingerprint density at radius 3 is 3.07 bits per heavy atom. The van der Waals surface area contributed by atoms with Crippen molar-refractivity contribution in [2.45, 2.75) is 25.9 Å². The summed E-state index contributed by atoms with van der Waals surface area (Å²) >= 11 is 1.57. The van der Waals surface area contributed by atoms with Gasteiger partial charge in [-0.2, -0.15) is 0 Å². The fourth-order valence-corrected chi connectivity index (χ4v) is 2.13. The highest BCUT2D eigenvalue weighted by atomic mass is 32.1. The van der Waals surface area contributed by atoms with E-state index in [-0.39, 0.29) is 0 Å². The molecule has 80 valence electrons. The number of nitrogens with zero attached hydrogens (tertiary/aromatic N) is 2. The number of aliphatic carboxylic acids is 1. The second-order valence-electron chi connectivity index (χ2n) is 3.99. The molecule has 1 aromatic heterocycles. The summed E-state index contributed by atoms with van der Waals surface area (Å²) < 4.78 is 0. The van der Waals surface area contributed by atoms with E-state index in [0.29, 0.717) is 6.54 Å². The van der Waals surface area contributed by atoms with Gasteiger partial charge in [-0.05, 0) is 25.3 Å². The summed E-state index contributed by atoms with van der Waals surface area (Å²) in [5.41, 5.74) is 0.181. The minimum atomic E-state index is -0.914. The summed E-state index contributed by atoms with van der Waals surface area (Å²) in [6, 6.07) is 1.99. The Hall–Kier alpha value is -1.36. The van der Waals surface area contributed by atoms with Gasteiger partial charge >= 0.3 is 5.97 Å². The largest absolute Gasteiger partial charge is 0.480 e. The predicted molar refractivity (Wildman–Crippen MR) is 59.7 cm³/mol. The number of carboxylic acids is 1. The lowest BCUT2D eigenvalue weighted by molar-refractivity contribution is -0.147. The zero-order valence-electron chi connectivity index (χ0n) is 8.60. The highest BCUT2D eigenvalue weighted by molar-refractivity contribution is 7.14. The molecule has 4 nitrogen and oxygen atoms in total. The van der Waals surface area contributed by atoms with Crippen molar-refractivity contribution in [3.05, 3.63) is 17.0 Å². The first-order valence-corrected chi connectivity index (χ1v) is 5.50. The third-order valence-electron chi connectivity index (χ3n) is 2.62. The molecular formula is C10H12N2O2S. The van der Waals surface area contributed by atoms with Crippen LogP contribution in [0.5, 0.6) is 0 Å². The average Bonchev–Trinajstić information content (AvgIpc) is 2.63. The van der Waals surface area contributed by atoms with Crippen LogP contribution in [0.4, 0.5) is 5.00 Å². The van der Waals surface area contributed by atoms with Crippen molar-refractivity contribution < 1.29 is 9.90 Å². The molecule has 0 fully saturated rings. The molecule has 15 heavy (non-hydrogen) atoms. The fraction of sp³-hybridized carbons (Fsp3) is 0.400. The quantitative estimate of drug-likeness (QED) is 0.836. The smallest absolute Gasteiger partial charge is 0.328 e. The topological polar surface area (TPSA) is 52.9 Å². The molecular weight excluding hydrogens is 212 g/mol. The van der Waals surface area contributed by atoms with Crippen LogP contribution in [0.2, 0.25) is 0 Å². The van der Waals surface area contributed by atoms with E-state index in [0.717, 1.165) is 10.6 Å². The maximum absolute atomic E-state index is 11.1. The molecule has 0 unspecified atom stereocenters. The van der Waals surface area contributed by atoms with Gasteiger partial charge in [0, 0.05) is 12.1 Å². The maximum Gasteiger partial charge on any atom is 0.328 e. The Bertz CT molecular complexity index is 423. The van der Waals surface area contributed by atoms with Gasteiger partial charge < -0.3 is 10.0 Å². The van der Waals surface area contributed by atoms with Crippen molar-refractivity contribution in [3.8, 4) is 0 Å². The van der Waals surface area contributed by atoms with E-state index in [1.54, 1.807) is 36.4 Å². The zero-order chi connectivity index (χ0) is 11.1. The average molecular weight is 224 g/mol. The van der Waals surface area contributed by atoms with Gasteiger partial charge in [-0.25, -0.2) is 9.79 Å². The SMILES string of the molecule is CC(C)(C(=O)O)N1C=Nc2sccc2C1. The van der Waals surface area contributed by atoms with E-state index in [4.69, 9.17) is 5.11 Å². The second kappa shape index (κ2) is 3.34. The molecule has 1 N–H and O–H groups in total. The first kappa shape index (κ1) is 10.2. The summed E-state index contributed by atoms with van der Waals surface area (Å²) in [5, 5.41) is 12.0. The van der Waals surface area contributed by atoms with Crippen molar-refractivity contribution in [3.63, 3.8) is 0 Å². The van der Waals surface area contributed by atoms with Gasteiger partial charge in [0.1, 0.15) is 10.5 Å². The summed E-state index contributed by atoms with van der Waals surface area (Å²) in [5.74, 6) is -0.840. The fourth-order valence-electron chi connectivity index (χ4n) is 1.37. The predicted octanol–water partition coefficient (Wildman–Crippen LogP) is 2.09. The molecule has 0 saturated heterocycles. The molecule has 0 spiro atoms. The summed E-state index contributed by atoms with van der Waals surface area (Å²) in [6.07, 6.45) is 1.62. The highest BCUT2D eigenvalue weighted by Gasteiger charge is 2.34. The van der Waals surface area contributed by atoms with Gasteiger partial charge in [-0.3, -0.25) is 0 Å². The highest BCUT2D eigenvalue weighted by Crippen LogP contribution is 2.32. The van der Waals surface area contributed by atoms with Gasteiger partial charge in [-0.1, -0.05) is 0 Å². The van der Waals surface area contributed by atoms with E-state index in [2.05, 4.69) is 4.99 Å². The number of aliphatic imine (C=N–C) groups is 1. The lowest BCUT2D eigenvalue weighted by atomic mass is 10.0. The van der Waals surface area contributed by atoms with Crippen LogP contribution in [0, 0.1) is 0 Å². The Morgan fingerprint density at radius 2 is 2.40 bits per heavy atom. The Kier molecular flexibility index (Phi) is 2.26. The Balaban J connectivity index is 2.27. The van der Waals surface area contributed by atoms with Crippen LogP contribution in [0.1, 0.15) is 19.4 Å². The molecule has 0 amide bonds. The summed E-state index contributed by atoms with van der Waals surface area (Å²) in [6.45, 7) is 3.97. The number of thiophene rings is 1. The van der Waals surface area contributed by atoms with E-state index in [1.165, 1.54) is 0 Å². The standard InChI is InChI=1S/C10H12N2O2S/c1-10(2,9(13)14)12-5-7-3-4-15-8(7)11-6-12/h3-4,6H,5H2,1-2H3,(H,13,14). The first-order chi connectivity index (χ1) is 7.01. The molecule has 1 aliphatic heterocycles. The van der Waals surface area contributed by atoms with Gasteiger partial charge in [-0.15, -0.1) is 11.3 Å². The van der Waals surface area contributed by atoms with Gasteiger partial charge in [0.25, 0.3) is 0 Å². The van der Waals surface area contributed by atoms with E-state index in [9.17, 15) is 4.79 Å². The molecule has 0 aromatic carbocycles. The van der Waals surface area contributed by atoms with Crippen molar-refractivity contribution in [2.24, 2.45) is 4.99 Å². The second-order valence-corrected chi connectivity index (χ2v) is 4.88. The molecule has 5 heteroatoms. The molecule has 0 radical (unpaired) electrons. The van der Waals surface area contributed by atoms with E-state index < -0.39 is 11.5 Å². The lowest BCUT2D eigenvalue weighted by Gasteiger charge is -2.34. The molecule has 1 aromatic rings. The van der Waals surface area contributed by atoms with Crippen LogP contribution in [0.3, 0.4) is 0 Å². The van der Waals surface area contributed by atoms with Crippen LogP contribution >= 0.6 is 11.3 Å².